The van der Waals surface area contributed by atoms with Crippen LogP contribution in [0.15, 0.2) is 0 Å². The van der Waals surface area contributed by atoms with Crippen LogP contribution in [0, 0.1) is 5.92 Å². The number of aliphatic carboxylic acids is 1. The first-order valence-electron chi connectivity index (χ1n) is 6.32. The highest BCUT2D eigenvalue weighted by atomic mass is 16.5. The Morgan fingerprint density at radius 1 is 1.28 bits per heavy atom. The van der Waals surface area contributed by atoms with Gasteiger partial charge in [0, 0.05) is 33.2 Å². The molecule has 6 heteroatoms. The lowest BCUT2D eigenvalue weighted by atomic mass is 10.0. The van der Waals surface area contributed by atoms with E-state index in [2.05, 4.69) is 10.6 Å². The van der Waals surface area contributed by atoms with Crippen LogP contribution < -0.4 is 10.6 Å². The van der Waals surface area contributed by atoms with Gasteiger partial charge in [0.25, 0.3) is 0 Å². The van der Waals surface area contributed by atoms with Gasteiger partial charge < -0.3 is 20.5 Å². The Kier molecular flexibility index (Phi) is 10.0. The summed E-state index contributed by atoms with van der Waals surface area (Å²) < 4.78 is 4.90. The van der Waals surface area contributed by atoms with Gasteiger partial charge in [-0.25, -0.2) is 4.79 Å². The summed E-state index contributed by atoms with van der Waals surface area (Å²) in [5.41, 5.74) is 0. The fourth-order valence-corrected chi connectivity index (χ4v) is 1.48. The Hall–Kier alpha value is -1.30. The van der Waals surface area contributed by atoms with Crippen LogP contribution in [0.25, 0.3) is 0 Å². The smallest absolute Gasteiger partial charge is 0.314 e. The lowest BCUT2D eigenvalue weighted by Crippen LogP contribution is -2.39. The van der Waals surface area contributed by atoms with Crippen LogP contribution in [0.5, 0.6) is 0 Å². The maximum atomic E-state index is 11.4. The normalized spacial score (nSPS) is 11.9. The molecule has 1 unspecified atom stereocenters. The maximum absolute atomic E-state index is 11.4. The minimum atomic E-state index is -0.830. The number of unbranched alkanes of at least 4 members (excludes halogenated alkanes) is 1. The van der Waals surface area contributed by atoms with Crippen molar-refractivity contribution in [3.8, 4) is 0 Å². The Morgan fingerprint density at radius 2 is 2.00 bits per heavy atom. The van der Waals surface area contributed by atoms with Crippen molar-refractivity contribution in [1.29, 1.82) is 0 Å². The lowest BCUT2D eigenvalue weighted by Gasteiger charge is -2.13. The van der Waals surface area contributed by atoms with Crippen LogP contribution in [0.4, 0.5) is 4.79 Å². The highest BCUT2D eigenvalue weighted by molar-refractivity contribution is 5.73. The number of nitrogens with one attached hydrogen (secondary N) is 2. The van der Waals surface area contributed by atoms with Crippen LogP contribution in [-0.4, -0.2) is 43.9 Å². The highest BCUT2D eigenvalue weighted by Gasteiger charge is 2.12. The molecule has 1 atom stereocenters. The summed E-state index contributed by atoms with van der Waals surface area (Å²) in [5, 5.41) is 14.1. The molecule has 0 aliphatic carbocycles. The zero-order chi connectivity index (χ0) is 13.8. The molecular weight excluding hydrogens is 236 g/mol. The Balaban J connectivity index is 3.58. The first-order chi connectivity index (χ1) is 8.60. The first-order valence-corrected chi connectivity index (χ1v) is 6.32. The lowest BCUT2D eigenvalue weighted by molar-refractivity contribution is -0.138. The molecule has 18 heavy (non-hydrogen) atoms. The monoisotopic (exact) mass is 260 g/mol. The van der Waals surface area contributed by atoms with Gasteiger partial charge in [-0.1, -0.05) is 13.3 Å². The van der Waals surface area contributed by atoms with E-state index in [0.29, 0.717) is 19.7 Å². The van der Waals surface area contributed by atoms with Crippen molar-refractivity contribution >= 4 is 12.0 Å². The molecule has 6 nitrogen and oxygen atoms in total. The van der Waals surface area contributed by atoms with E-state index in [1.54, 1.807) is 7.11 Å². The first kappa shape index (κ1) is 16.7. The molecule has 3 N–H and O–H groups in total. The van der Waals surface area contributed by atoms with Gasteiger partial charge in [0.1, 0.15) is 0 Å². The number of hydrogen-bond donors (Lipinski definition) is 3. The van der Waals surface area contributed by atoms with Gasteiger partial charge in [0.05, 0.1) is 0 Å². The number of carbonyl (C=O) groups excluding carboxylic acids is 1. The molecule has 0 radical (unpaired) electrons. The summed E-state index contributed by atoms with van der Waals surface area (Å²) >= 11 is 0. The molecule has 0 heterocycles. The topological polar surface area (TPSA) is 87.7 Å². The minimum Gasteiger partial charge on any atom is -0.481 e. The Morgan fingerprint density at radius 3 is 2.56 bits per heavy atom. The van der Waals surface area contributed by atoms with Crippen molar-refractivity contribution in [1.82, 2.24) is 10.6 Å². The van der Waals surface area contributed by atoms with Gasteiger partial charge in [-0.3, -0.25) is 4.79 Å². The predicted molar refractivity (Wildman–Crippen MR) is 68.5 cm³/mol. The van der Waals surface area contributed by atoms with E-state index in [4.69, 9.17) is 9.84 Å². The van der Waals surface area contributed by atoms with Crippen LogP contribution in [0.2, 0.25) is 0 Å². The van der Waals surface area contributed by atoms with E-state index < -0.39 is 5.97 Å². The second kappa shape index (κ2) is 10.8. The van der Waals surface area contributed by atoms with Crippen molar-refractivity contribution in [2.75, 3.05) is 26.8 Å². The van der Waals surface area contributed by atoms with Gasteiger partial charge in [0.15, 0.2) is 0 Å². The largest absolute Gasteiger partial charge is 0.481 e. The van der Waals surface area contributed by atoms with Crippen molar-refractivity contribution in [3.63, 3.8) is 0 Å². The molecule has 0 aromatic carbocycles. The SMILES string of the molecule is CCC(CNC(=O)NCCCCOC)CC(=O)O. The second-order valence-electron chi connectivity index (χ2n) is 4.21. The van der Waals surface area contributed by atoms with E-state index >= 15 is 0 Å². The van der Waals surface area contributed by atoms with E-state index in [0.717, 1.165) is 19.3 Å². The fraction of sp³-hybridized carbons (Fsp3) is 0.833. The molecule has 0 saturated heterocycles. The molecule has 0 rings (SSSR count). The summed E-state index contributed by atoms with van der Waals surface area (Å²) in [4.78, 5) is 21.9. The third-order valence-corrected chi connectivity index (χ3v) is 2.65. The van der Waals surface area contributed by atoms with Crippen LogP contribution in [-0.2, 0) is 9.53 Å². The van der Waals surface area contributed by atoms with Crippen molar-refractivity contribution in [2.45, 2.75) is 32.6 Å². The maximum Gasteiger partial charge on any atom is 0.314 e. The molecule has 0 saturated carbocycles. The summed E-state index contributed by atoms with van der Waals surface area (Å²) in [5.74, 6) is -0.842. The number of ether oxygens (including phenoxy) is 1. The van der Waals surface area contributed by atoms with Crippen LogP contribution in [0.1, 0.15) is 32.6 Å². The molecule has 0 aliphatic rings. The second-order valence-corrected chi connectivity index (χ2v) is 4.21. The average molecular weight is 260 g/mol. The third-order valence-electron chi connectivity index (χ3n) is 2.65. The summed E-state index contributed by atoms with van der Waals surface area (Å²) in [6.45, 7) is 3.61. The standard InChI is InChI=1S/C12H24N2O4/c1-3-10(8-11(15)16)9-14-12(17)13-6-4-5-7-18-2/h10H,3-9H2,1-2H3,(H,15,16)(H2,13,14,17). The van der Waals surface area contributed by atoms with Gasteiger partial charge in [0.2, 0.25) is 0 Å². The number of hydrogen-bond acceptors (Lipinski definition) is 3. The number of methoxy groups -OCH3 is 1. The highest BCUT2D eigenvalue weighted by Crippen LogP contribution is 2.06. The molecule has 0 aromatic heterocycles. The van der Waals surface area contributed by atoms with Gasteiger partial charge >= 0.3 is 12.0 Å². The summed E-state index contributed by atoms with van der Waals surface area (Å²) in [6.07, 6.45) is 2.60. The molecule has 2 amide bonds. The fourth-order valence-electron chi connectivity index (χ4n) is 1.48. The minimum absolute atomic E-state index is 0.0123. The van der Waals surface area contributed by atoms with E-state index in [-0.39, 0.29) is 18.4 Å². The van der Waals surface area contributed by atoms with Crippen LogP contribution >= 0.6 is 0 Å². The molecule has 0 spiro atoms. The average Bonchev–Trinajstić information content (AvgIpc) is 2.33. The number of carboxylic acids is 1. The third kappa shape index (κ3) is 9.89. The zero-order valence-electron chi connectivity index (χ0n) is 11.2. The summed E-state index contributed by atoms with van der Waals surface area (Å²) in [6, 6.07) is -0.240. The molecular formula is C12H24N2O4. The molecule has 0 aliphatic heterocycles. The van der Waals surface area contributed by atoms with Crippen molar-refractivity contribution in [3.05, 3.63) is 0 Å². The molecule has 0 bridgehead atoms. The van der Waals surface area contributed by atoms with E-state index in [1.807, 2.05) is 6.92 Å². The van der Waals surface area contributed by atoms with Crippen LogP contribution in [0.3, 0.4) is 0 Å². The van der Waals surface area contributed by atoms with Gasteiger partial charge in [-0.15, -0.1) is 0 Å². The Bertz CT molecular complexity index is 246. The predicted octanol–water partition coefficient (Wildman–Crippen LogP) is 1.21. The zero-order valence-corrected chi connectivity index (χ0v) is 11.2. The van der Waals surface area contributed by atoms with Crippen molar-refractivity contribution in [2.24, 2.45) is 5.92 Å². The quantitative estimate of drug-likeness (QED) is 0.515. The van der Waals surface area contributed by atoms with E-state index in [1.165, 1.54) is 0 Å². The number of amides is 2. The van der Waals surface area contributed by atoms with Gasteiger partial charge in [-0.2, -0.15) is 0 Å². The molecule has 0 fully saturated rings. The number of carbonyl (C=O) groups is 2. The van der Waals surface area contributed by atoms with E-state index in [9.17, 15) is 9.59 Å². The molecule has 106 valence electrons. The van der Waals surface area contributed by atoms with Crippen molar-refractivity contribution < 1.29 is 19.4 Å². The molecule has 0 aromatic rings. The number of rotatable bonds is 10. The number of urea groups is 1. The Labute approximate surface area is 108 Å². The number of carboxylic acid groups (broad SMARTS) is 1. The van der Waals surface area contributed by atoms with Gasteiger partial charge in [-0.05, 0) is 18.8 Å². The summed E-state index contributed by atoms with van der Waals surface area (Å²) in [7, 11) is 1.65.